The molecule has 2 aliphatic rings. The number of benzene rings is 2. The Bertz CT molecular complexity index is 1750. The Morgan fingerprint density at radius 2 is 1.76 bits per heavy atom. The first kappa shape index (κ1) is 27.1. The van der Waals surface area contributed by atoms with Crippen molar-refractivity contribution >= 4 is 21.9 Å². The first-order valence-electron chi connectivity index (χ1n) is 13.0. The van der Waals surface area contributed by atoms with Gasteiger partial charge in [0, 0.05) is 31.1 Å². The summed E-state index contributed by atoms with van der Waals surface area (Å²) in [5.41, 5.74) is 3.00. The summed E-state index contributed by atoms with van der Waals surface area (Å²) in [7, 11) is -4.24. The highest BCUT2D eigenvalue weighted by molar-refractivity contribution is 7.89. The minimum absolute atomic E-state index is 0.0135. The van der Waals surface area contributed by atoms with Gasteiger partial charge in [0.15, 0.2) is 5.78 Å². The van der Waals surface area contributed by atoms with Crippen LogP contribution in [0.3, 0.4) is 0 Å². The van der Waals surface area contributed by atoms with Crippen LogP contribution >= 0.6 is 0 Å². The number of halogens is 3. The maximum Gasteiger partial charge on any atom is 0.270 e. The number of piperidine rings is 1. The molecule has 1 fully saturated rings. The molecule has 2 aromatic heterocycles. The van der Waals surface area contributed by atoms with E-state index in [4.69, 9.17) is 0 Å². The van der Waals surface area contributed by atoms with E-state index < -0.39 is 33.7 Å². The number of hydrogen-bond donors (Lipinski definition) is 0. The lowest BCUT2D eigenvalue weighted by molar-refractivity contribution is 0.0174. The van der Waals surface area contributed by atoms with Crippen molar-refractivity contribution in [3.8, 4) is 5.69 Å². The highest BCUT2D eigenvalue weighted by Crippen LogP contribution is 2.41. The summed E-state index contributed by atoms with van der Waals surface area (Å²) in [5.74, 6) is -4.43. The SMILES string of the molecule is CC(F)(F)c1ccc(S(=O)(=O)N2CCC3=Cc4c(cnn4-c4ccc(F)cc4)CC3[C@H]2C(=O)c2ccccn2)cc1. The molecule has 3 heterocycles. The molecule has 210 valence electrons. The molecule has 0 spiro atoms. The minimum Gasteiger partial charge on any atom is -0.291 e. The molecule has 11 heteroatoms. The number of nitrogens with zero attached hydrogens (tertiary/aromatic N) is 4. The van der Waals surface area contributed by atoms with Gasteiger partial charge in [-0.15, -0.1) is 0 Å². The zero-order chi connectivity index (χ0) is 28.9. The molecule has 0 saturated carbocycles. The zero-order valence-electron chi connectivity index (χ0n) is 21.9. The smallest absolute Gasteiger partial charge is 0.270 e. The molecule has 0 radical (unpaired) electrons. The normalized spacial score (nSPS) is 19.3. The van der Waals surface area contributed by atoms with E-state index >= 15 is 0 Å². The molecule has 6 rings (SSSR count). The van der Waals surface area contributed by atoms with E-state index in [-0.39, 0.29) is 28.5 Å². The number of pyridine rings is 1. The monoisotopic (exact) mass is 578 g/mol. The predicted octanol–water partition coefficient (Wildman–Crippen LogP) is 5.42. The Balaban J connectivity index is 1.41. The number of hydrogen-bond acceptors (Lipinski definition) is 5. The van der Waals surface area contributed by atoms with E-state index in [1.165, 1.54) is 22.6 Å². The molecule has 2 aromatic carbocycles. The largest absolute Gasteiger partial charge is 0.291 e. The second-order valence-electron chi connectivity index (χ2n) is 10.3. The van der Waals surface area contributed by atoms with Gasteiger partial charge < -0.3 is 0 Å². The van der Waals surface area contributed by atoms with Crippen molar-refractivity contribution in [2.75, 3.05) is 6.54 Å². The van der Waals surface area contributed by atoms with E-state index in [9.17, 15) is 26.4 Å². The summed E-state index contributed by atoms with van der Waals surface area (Å²) < 4.78 is 71.8. The van der Waals surface area contributed by atoms with Crippen molar-refractivity contribution in [1.82, 2.24) is 19.1 Å². The van der Waals surface area contributed by atoms with Gasteiger partial charge in [0.1, 0.15) is 11.5 Å². The van der Waals surface area contributed by atoms with Crippen molar-refractivity contribution in [3.05, 3.63) is 113 Å². The number of carbonyl (C=O) groups is 1. The molecule has 2 atom stereocenters. The van der Waals surface area contributed by atoms with Gasteiger partial charge >= 0.3 is 0 Å². The molecular formula is C30H25F3N4O3S. The number of carbonyl (C=O) groups excluding carboxylic acids is 1. The van der Waals surface area contributed by atoms with Crippen LogP contribution in [0.4, 0.5) is 13.2 Å². The Kier molecular flexibility index (Phi) is 6.66. The van der Waals surface area contributed by atoms with Crippen LogP contribution < -0.4 is 0 Å². The standard InChI is InChI=1S/C30H25F3N4O3S/c1-30(32,33)21-5-11-24(12-6-21)41(39,40)36-15-13-19-17-27-20(18-35-37(27)23-9-7-22(31)8-10-23)16-25(19)28(36)29(38)26-4-2-3-14-34-26/h2-12,14,17-18,25,28H,13,15-16H2,1H3/t25?,28-/m0/s1. The fourth-order valence-corrected chi connectivity index (χ4v) is 7.21. The summed E-state index contributed by atoms with van der Waals surface area (Å²) in [6.45, 7) is 0.756. The molecule has 1 saturated heterocycles. The number of fused-ring (bicyclic) bond motifs is 2. The van der Waals surface area contributed by atoms with Gasteiger partial charge in [-0.05, 0) is 73.0 Å². The summed E-state index contributed by atoms with van der Waals surface area (Å²) in [6.07, 6.45) is 5.78. The number of rotatable bonds is 6. The number of sulfonamides is 1. The van der Waals surface area contributed by atoms with Crippen molar-refractivity contribution < 1.29 is 26.4 Å². The van der Waals surface area contributed by atoms with E-state index in [1.807, 2.05) is 6.08 Å². The second-order valence-corrected chi connectivity index (χ2v) is 12.2. The average molecular weight is 579 g/mol. The second kappa shape index (κ2) is 10.1. The number of alkyl halides is 2. The van der Waals surface area contributed by atoms with Gasteiger partial charge in [-0.3, -0.25) is 9.78 Å². The summed E-state index contributed by atoms with van der Waals surface area (Å²) in [6, 6.07) is 14.2. The minimum atomic E-state index is -4.24. The van der Waals surface area contributed by atoms with Gasteiger partial charge in [-0.25, -0.2) is 26.3 Å². The highest BCUT2D eigenvalue weighted by Gasteiger charge is 2.47. The molecule has 0 bridgehead atoms. The Morgan fingerprint density at radius 3 is 2.41 bits per heavy atom. The molecule has 1 aliphatic heterocycles. The molecule has 1 aliphatic carbocycles. The molecule has 0 amide bonds. The van der Waals surface area contributed by atoms with Crippen molar-refractivity contribution in [2.24, 2.45) is 5.92 Å². The van der Waals surface area contributed by atoms with Gasteiger partial charge in [-0.1, -0.05) is 23.8 Å². The van der Waals surface area contributed by atoms with Crippen molar-refractivity contribution in [2.45, 2.75) is 36.6 Å². The maximum atomic E-state index is 13.9. The third kappa shape index (κ3) is 4.89. The topological polar surface area (TPSA) is 85.2 Å². The molecule has 7 nitrogen and oxygen atoms in total. The van der Waals surface area contributed by atoms with Crippen LogP contribution in [0.25, 0.3) is 11.8 Å². The number of ketones is 1. The lowest BCUT2D eigenvalue weighted by Gasteiger charge is -2.42. The number of Topliss-reactive ketones (excluding diaryl/α,β-unsaturated/α-hetero) is 1. The van der Waals surface area contributed by atoms with Crippen molar-refractivity contribution in [1.29, 1.82) is 0 Å². The predicted molar refractivity (Wildman–Crippen MR) is 146 cm³/mol. The maximum absolute atomic E-state index is 13.9. The van der Waals surface area contributed by atoms with Gasteiger partial charge in [0.05, 0.1) is 28.5 Å². The van der Waals surface area contributed by atoms with Crippen LogP contribution in [0.1, 0.15) is 40.7 Å². The average Bonchev–Trinajstić information content (AvgIpc) is 3.38. The lowest BCUT2D eigenvalue weighted by atomic mass is 9.76. The van der Waals surface area contributed by atoms with E-state index in [0.29, 0.717) is 18.5 Å². The highest BCUT2D eigenvalue weighted by atomic mass is 32.2. The zero-order valence-corrected chi connectivity index (χ0v) is 22.7. The fourth-order valence-electron chi connectivity index (χ4n) is 5.59. The lowest BCUT2D eigenvalue weighted by Crippen LogP contribution is -2.54. The Labute approximate surface area is 235 Å². The number of aromatic nitrogens is 3. The quantitative estimate of drug-likeness (QED) is 0.285. The van der Waals surface area contributed by atoms with Gasteiger partial charge in [-0.2, -0.15) is 9.40 Å². The van der Waals surface area contributed by atoms with Crippen LogP contribution in [0, 0.1) is 11.7 Å². The van der Waals surface area contributed by atoms with Gasteiger partial charge in [0.2, 0.25) is 10.0 Å². The van der Waals surface area contributed by atoms with Crippen molar-refractivity contribution in [3.63, 3.8) is 0 Å². The first-order valence-corrected chi connectivity index (χ1v) is 14.5. The molecule has 41 heavy (non-hydrogen) atoms. The third-order valence-corrected chi connectivity index (χ3v) is 9.56. The summed E-state index contributed by atoms with van der Waals surface area (Å²) in [5, 5.41) is 4.49. The first-order chi connectivity index (χ1) is 19.5. The van der Waals surface area contributed by atoms with Crippen LogP contribution in [0.15, 0.2) is 89.6 Å². The third-order valence-electron chi connectivity index (χ3n) is 7.66. The fraction of sp³-hybridized carbons (Fsp3) is 0.233. The summed E-state index contributed by atoms with van der Waals surface area (Å²) in [4.78, 5) is 18.0. The van der Waals surface area contributed by atoms with Crippen LogP contribution in [-0.4, -0.2) is 45.9 Å². The molecule has 0 N–H and O–H groups in total. The Hall–Kier alpha value is -4.09. The molecule has 4 aromatic rings. The molecular weight excluding hydrogens is 553 g/mol. The van der Waals surface area contributed by atoms with Gasteiger partial charge in [0.25, 0.3) is 5.92 Å². The summed E-state index contributed by atoms with van der Waals surface area (Å²) >= 11 is 0. The van der Waals surface area contributed by atoms with E-state index in [1.54, 1.807) is 41.2 Å². The van der Waals surface area contributed by atoms with E-state index in [2.05, 4.69) is 10.1 Å². The van der Waals surface area contributed by atoms with E-state index in [0.717, 1.165) is 48.0 Å². The van der Waals surface area contributed by atoms with Crippen LogP contribution in [0.2, 0.25) is 0 Å². The molecule has 1 unspecified atom stereocenters. The Morgan fingerprint density at radius 1 is 1.02 bits per heavy atom. The van der Waals surface area contributed by atoms with Crippen LogP contribution in [0.5, 0.6) is 0 Å². The van der Waals surface area contributed by atoms with Crippen LogP contribution in [-0.2, 0) is 22.4 Å².